The molecule has 0 spiro atoms. The molecule has 0 N–H and O–H groups in total. The van der Waals surface area contributed by atoms with E-state index in [-0.39, 0.29) is 10.6 Å². The molecule has 0 bridgehead atoms. The third-order valence-electron chi connectivity index (χ3n) is 1.16. The first kappa shape index (κ1) is 8.36. The molecule has 1 rings (SSSR count). The van der Waals surface area contributed by atoms with Gasteiger partial charge in [0.05, 0.1) is 9.95 Å². The van der Waals surface area contributed by atoms with Crippen LogP contribution in [-0.2, 0) is 0 Å². The van der Waals surface area contributed by atoms with Gasteiger partial charge in [-0.15, -0.1) is 12.6 Å². The second-order valence-electron chi connectivity index (χ2n) is 1.86. The highest BCUT2D eigenvalue weighted by atomic mass is 35.5. The number of hydrogen-bond donors (Lipinski definition) is 1. The summed E-state index contributed by atoms with van der Waals surface area (Å²) in [5, 5.41) is 10.6. The van der Waals surface area contributed by atoms with Crippen molar-refractivity contribution in [2.75, 3.05) is 0 Å². The summed E-state index contributed by atoms with van der Waals surface area (Å²) in [6, 6.07) is 4.42. The Labute approximate surface area is 73.5 Å². The fourth-order valence-electron chi connectivity index (χ4n) is 0.651. The molecule has 0 saturated carbocycles. The summed E-state index contributed by atoms with van der Waals surface area (Å²) in [6.45, 7) is 0. The van der Waals surface area contributed by atoms with Crippen molar-refractivity contribution in [1.29, 1.82) is 0 Å². The molecule has 0 heterocycles. The lowest BCUT2D eigenvalue weighted by Gasteiger charge is -1.96. The number of benzene rings is 1. The molecule has 0 radical (unpaired) electrons. The van der Waals surface area contributed by atoms with E-state index >= 15 is 0 Å². The van der Waals surface area contributed by atoms with E-state index in [1.807, 2.05) is 0 Å². The average Bonchev–Trinajstić information content (AvgIpc) is 1.94. The number of nitro benzene ring substituents is 1. The second kappa shape index (κ2) is 3.11. The Morgan fingerprint density at radius 2 is 2.18 bits per heavy atom. The smallest absolute Gasteiger partial charge is 0.258 e. The van der Waals surface area contributed by atoms with E-state index in [0.717, 1.165) is 0 Å². The molecular formula is C6H4ClNO2S. The average molecular weight is 190 g/mol. The third kappa shape index (κ3) is 1.64. The van der Waals surface area contributed by atoms with Gasteiger partial charge in [-0.1, -0.05) is 17.7 Å². The molecule has 5 heteroatoms. The van der Waals surface area contributed by atoms with Crippen molar-refractivity contribution in [2.45, 2.75) is 4.90 Å². The maximum Gasteiger partial charge on any atom is 0.284 e. The number of rotatable bonds is 1. The Hall–Kier alpha value is -0.740. The van der Waals surface area contributed by atoms with Gasteiger partial charge in [-0.2, -0.15) is 0 Å². The van der Waals surface area contributed by atoms with E-state index in [1.165, 1.54) is 12.1 Å². The van der Waals surface area contributed by atoms with Gasteiger partial charge >= 0.3 is 0 Å². The number of nitrogens with zero attached hydrogens (tertiary/aromatic N) is 1. The molecule has 1 aromatic rings. The number of nitro groups is 1. The first-order valence-electron chi connectivity index (χ1n) is 2.75. The first-order valence-corrected chi connectivity index (χ1v) is 3.57. The predicted octanol–water partition coefficient (Wildman–Crippen LogP) is 2.54. The van der Waals surface area contributed by atoms with Gasteiger partial charge in [-0.3, -0.25) is 10.1 Å². The molecule has 58 valence electrons. The van der Waals surface area contributed by atoms with E-state index in [0.29, 0.717) is 5.02 Å². The summed E-state index contributed by atoms with van der Waals surface area (Å²) < 4.78 is 0. The van der Waals surface area contributed by atoms with E-state index in [4.69, 9.17) is 11.6 Å². The van der Waals surface area contributed by atoms with Crippen LogP contribution in [0.3, 0.4) is 0 Å². The maximum atomic E-state index is 10.3. The van der Waals surface area contributed by atoms with E-state index < -0.39 is 4.92 Å². The Morgan fingerprint density at radius 1 is 1.55 bits per heavy atom. The molecule has 11 heavy (non-hydrogen) atoms. The lowest BCUT2D eigenvalue weighted by Crippen LogP contribution is -1.88. The van der Waals surface area contributed by atoms with Crippen molar-refractivity contribution < 1.29 is 4.92 Å². The first-order chi connectivity index (χ1) is 5.13. The monoisotopic (exact) mass is 189 g/mol. The Balaban J connectivity index is 3.27. The number of hydrogen-bond acceptors (Lipinski definition) is 3. The summed E-state index contributed by atoms with van der Waals surface area (Å²) >= 11 is 9.45. The van der Waals surface area contributed by atoms with Crippen LogP contribution in [0.25, 0.3) is 0 Å². The zero-order valence-corrected chi connectivity index (χ0v) is 6.97. The summed E-state index contributed by atoms with van der Waals surface area (Å²) in [5.41, 5.74) is -0.0687. The quantitative estimate of drug-likeness (QED) is 0.419. The largest absolute Gasteiger partial charge is 0.284 e. The van der Waals surface area contributed by atoms with Crippen LogP contribution in [0.2, 0.25) is 5.02 Å². The molecule has 0 aliphatic rings. The molecule has 3 nitrogen and oxygen atoms in total. The van der Waals surface area contributed by atoms with Crippen molar-refractivity contribution in [3.05, 3.63) is 33.3 Å². The van der Waals surface area contributed by atoms with Crippen LogP contribution >= 0.6 is 24.2 Å². The molecule has 1 aromatic carbocycles. The zero-order chi connectivity index (χ0) is 8.43. The van der Waals surface area contributed by atoms with Crippen LogP contribution in [0.5, 0.6) is 0 Å². The van der Waals surface area contributed by atoms with Gasteiger partial charge in [0.25, 0.3) is 5.69 Å². The molecule has 0 aromatic heterocycles. The minimum Gasteiger partial charge on any atom is -0.258 e. The van der Waals surface area contributed by atoms with Gasteiger partial charge in [0, 0.05) is 6.07 Å². The van der Waals surface area contributed by atoms with Gasteiger partial charge in [-0.05, 0) is 6.07 Å². The maximum absolute atomic E-state index is 10.3. The standard InChI is InChI=1S/C6H4ClNO2S/c7-4-2-1-3-5(6(4)11)8(9)10/h1-3,11H. The normalized spacial score (nSPS) is 9.64. The molecule has 0 aliphatic heterocycles. The molecule has 0 aliphatic carbocycles. The highest BCUT2D eigenvalue weighted by Gasteiger charge is 2.11. The van der Waals surface area contributed by atoms with E-state index in [9.17, 15) is 10.1 Å². The highest BCUT2D eigenvalue weighted by Crippen LogP contribution is 2.28. The Morgan fingerprint density at radius 3 is 2.64 bits per heavy atom. The SMILES string of the molecule is O=[N+]([O-])c1cccc(Cl)c1S. The van der Waals surface area contributed by atoms with Crippen molar-refractivity contribution in [1.82, 2.24) is 0 Å². The lowest BCUT2D eigenvalue weighted by molar-refractivity contribution is -0.387. The van der Waals surface area contributed by atoms with Gasteiger partial charge in [0.1, 0.15) is 4.90 Å². The van der Waals surface area contributed by atoms with Crippen LogP contribution < -0.4 is 0 Å². The summed E-state index contributed by atoms with van der Waals surface area (Å²) in [6.07, 6.45) is 0. The predicted molar refractivity (Wildman–Crippen MR) is 45.4 cm³/mol. The molecule has 0 unspecified atom stereocenters. The fraction of sp³-hybridized carbons (Fsp3) is 0. The molecular weight excluding hydrogens is 186 g/mol. The zero-order valence-electron chi connectivity index (χ0n) is 5.32. The highest BCUT2D eigenvalue weighted by molar-refractivity contribution is 7.80. The molecule has 0 amide bonds. The summed E-state index contributed by atoms with van der Waals surface area (Å²) in [7, 11) is 0. The van der Waals surface area contributed by atoms with Crippen LogP contribution in [0, 0.1) is 10.1 Å². The van der Waals surface area contributed by atoms with Crippen molar-refractivity contribution in [3.8, 4) is 0 Å². The van der Waals surface area contributed by atoms with Crippen molar-refractivity contribution in [3.63, 3.8) is 0 Å². The van der Waals surface area contributed by atoms with Crippen molar-refractivity contribution in [2.24, 2.45) is 0 Å². The summed E-state index contributed by atoms with van der Waals surface area (Å²) in [5.74, 6) is 0. The third-order valence-corrected chi connectivity index (χ3v) is 2.08. The lowest BCUT2D eigenvalue weighted by atomic mass is 10.3. The van der Waals surface area contributed by atoms with Crippen LogP contribution in [-0.4, -0.2) is 4.92 Å². The Kier molecular flexibility index (Phi) is 2.36. The minimum absolute atomic E-state index is 0.0687. The second-order valence-corrected chi connectivity index (χ2v) is 2.72. The Bertz CT molecular complexity index is 303. The summed E-state index contributed by atoms with van der Waals surface area (Å²) in [4.78, 5) is 9.96. The molecule has 0 atom stereocenters. The van der Waals surface area contributed by atoms with Crippen molar-refractivity contribution >= 4 is 29.9 Å². The number of halogens is 1. The van der Waals surface area contributed by atoms with Crippen LogP contribution in [0.1, 0.15) is 0 Å². The number of thiol groups is 1. The van der Waals surface area contributed by atoms with Crippen LogP contribution in [0.4, 0.5) is 5.69 Å². The van der Waals surface area contributed by atoms with E-state index in [2.05, 4.69) is 12.6 Å². The fourth-order valence-corrected chi connectivity index (χ4v) is 1.05. The van der Waals surface area contributed by atoms with Crippen LogP contribution in [0.15, 0.2) is 23.1 Å². The van der Waals surface area contributed by atoms with E-state index in [1.54, 1.807) is 6.07 Å². The minimum atomic E-state index is -0.520. The topological polar surface area (TPSA) is 43.1 Å². The van der Waals surface area contributed by atoms with Gasteiger partial charge < -0.3 is 0 Å². The van der Waals surface area contributed by atoms with Gasteiger partial charge in [0.2, 0.25) is 0 Å². The molecule has 0 saturated heterocycles. The van der Waals surface area contributed by atoms with Gasteiger partial charge in [0.15, 0.2) is 0 Å². The molecule has 0 fully saturated rings. The van der Waals surface area contributed by atoms with Gasteiger partial charge in [-0.25, -0.2) is 0 Å².